The Morgan fingerprint density at radius 3 is 2.65 bits per heavy atom. The minimum absolute atomic E-state index is 0.0945. The van der Waals surface area contributed by atoms with E-state index in [1.54, 1.807) is 13.8 Å². The Labute approximate surface area is 99.0 Å². The quantitative estimate of drug-likeness (QED) is 0.807. The highest BCUT2D eigenvalue weighted by atomic mass is 16.5. The Bertz CT molecular complexity index is 413. The number of carbonyl (C=O) groups is 2. The van der Waals surface area contributed by atoms with E-state index >= 15 is 0 Å². The molecule has 1 amide bonds. The summed E-state index contributed by atoms with van der Waals surface area (Å²) in [6.45, 7) is 5.30. The van der Waals surface area contributed by atoms with Crippen molar-refractivity contribution in [2.45, 2.75) is 33.2 Å². The molecule has 1 rings (SSSR count). The number of aliphatic carboxylic acids is 1. The van der Waals surface area contributed by atoms with Crippen LogP contribution in [0.2, 0.25) is 0 Å². The summed E-state index contributed by atoms with van der Waals surface area (Å²) in [5.74, 6) is -1.22. The van der Waals surface area contributed by atoms with Gasteiger partial charge in [0.25, 0.3) is 5.91 Å². The average molecular weight is 240 g/mol. The molecule has 0 fully saturated rings. The van der Waals surface area contributed by atoms with Crippen molar-refractivity contribution in [2.24, 2.45) is 5.92 Å². The largest absolute Gasteiger partial charge is 0.480 e. The third kappa shape index (κ3) is 3.30. The molecule has 1 aromatic rings. The van der Waals surface area contributed by atoms with E-state index in [0.29, 0.717) is 12.2 Å². The highest BCUT2D eigenvalue weighted by molar-refractivity contribution is 5.94. The molecule has 0 spiro atoms. The Kier molecular flexibility index (Phi) is 4.25. The number of carboxylic acids is 1. The molecule has 1 heterocycles. The molecule has 94 valence electrons. The molecular formula is C11H16N2O4. The summed E-state index contributed by atoms with van der Waals surface area (Å²) >= 11 is 0. The summed E-state index contributed by atoms with van der Waals surface area (Å²) in [5, 5.41) is 15.0. The first-order chi connectivity index (χ1) is 7.95. The SMILES string of the molecule is CCC(C)C(NC(=O)c1cc(C)on1)C(=O)O. The van der Waals surface area contributed by atoms with E-state index in [1.165, 1.54) is 6.07 Å². The molecule has 0 saturated heterocycles. The highest BCUT2D eigenvalue weighted by Gasteiger charge is 2.26. The van der Waals surface area contributed by atoms with E-state index in [-0.39, 0.29) is 11.6 Å². The van der Waals surface area contributed by atoms with Crippen molar-refractivity contribution < 1.29 is 19.2 Å². The van der Waals surface area contributed by atoms with Crippen LogP contribution in [0.4, 0.5) is 0 Å². The fourth-order valence-electron chi connectivity index (χ4n) is 1.37. The molecule has 0 bridgehead atoms. The molecule has 0 aliphatic carbocycles. The lowest BCUT2D eigenvalue weighted by molar-refractivity contribution is -0.140. The van der Waals surface area contributed by atoms with Crippen LogP contribution in [0.15, 0.2) is 10.6 Å². The van der Waals surface area contributed by atoms with Gasteiger partial charge in [-0.15, -0.1) is 0 Å². The van der Waals surface area contributed by atoms with Crippen molar-refractivity contribution in [3.05, 3.63) is 17.5 Å². The molecule has 0 aliphatic rings. The monoisotopic (exact) mass is 240 g/mol. The second-order valence-corrected chi connectivity index (χ2v) is 4.00. The van der Waals surface area contributed by atoms with Crippen LogP contribution < -0.4 is 5.32 Å². The van der Waals surface area contributed by atoms with Crippen LogP contribution in [-0.2, 0) is 4.79 Å². The smallest absolute Gasteiger partial charge is 0.326 e. The van der Waals surface area contributed by atoms with Gasteiger partial charge in [-0.05, 0) is 12.8 Å². The Morgan fingerprint density at radius 1 is 1.59 bits per heavy atom. The van der Waals surface area contributed by atoms with Crippen LogP contribution in [0.3, 0.4) is 0 Å². The fourth-order valence-corrected chi connectivity index (χ4v) is 1.37. The molecule has 0 radical (unpaired) electrons. The maximum atomic E-state index is 11.7. The van der Waals surface area contributed by atoms with Gasteiger partial charge in [0.05, 0.1) is 0 Å². The third-order valence-electron chi connectivity index (χ3n) is 2.63. The summed E-state index contributed by atoms with van der Waals surface area (Å²) in [5.41, 5.74) is 0.0945. The van der Waals surface area contributed by atoms with E-state index < -0.39 is 17.9 Å². The number of carbonyl (C=O) groups excluding carboxylic acids is 1. The van der Waals surface area contributed by atoms with Crippen molar-refractivity contribution >= 4 is 11.9 Å². The van der Waals surface area contributed by atoms with Gasteiger partial charge in [-0.2, -0.15) is 0 Å². The number of nitrogens with zero attached hydrogens (tertiary/aromatic N) is 1. The van der Waals surface area contributed by atoms with Crippen LogP contribution in [-0.4, -0.2) is 28.2 Å². The van der Waals surface area contributed by atoms with Gasteiger partial charge < -0.3 is 14.9 Å². The molecule has 0 saturated carbocycles. The Balaban J connectivity index is 2.74. The second kappa shape index (κ2) is 5.47. The van der Waals surface area contributed by atoms with Crippen molar-refractivity contribution in [1.29, 1.82) is 0 Å². The average Bonchev–Trinajstić information content (AvgIpc) is 2.71. The van der Waals surface area contributed by atoms with E-state index in [9.17, 15) is 9.59 Å². The molecule has 6 nitrogen and oxygen atoms in total. The Morgan fingerprint density at radius 2 is 2.24 bits per heavy atom. The maximum absolute atomic E-state index is 11.7. The van der Waals surface area contributed by atoms with Gasteiger partial charge >= 0.3 is 5.97 Å². The summed E-state index contributed by atoms with van der Waals surface area (Å²) in [6, 6.07) is 0.551. The summed E-state index contributed by atoms with van der Waals surface area (Å²) < 4.78 is 4.76. The van der Waals surface area contributed by atoms with E-state index in [4.69, 9.17) is 9.63 Å². The normalized spacial score (nSPS) is 14.1. The number of carboxylic acid groups (broad SMARTS) is 1. The lowest BCUT2D eigenvalue weighted by atomic mass is 9.99. The molecule has 2 unspecified atom stereocenters. The number of aromatic nitrogens is 1. The van der Waals surface area contributed by atoms with Crippen molar-refractivity contribution in [3.8, 4) is 0 Å². The van der Waals surface area contributed by atoms with Gasteiger partial charge in [-0.25, -0.2) is 4.79 Å². The highest BCUT2D eigenvalue weighted by Crippen LogP contribution is 2.09. The third-order valence-corrected chi connectivity index (χ3v) is 2.63. The number of hydrogen-bond donors (Lipinski definition) is 2. The standard InChI is InChI=1S/C11H16N2O4/c1-4-6(2)9(11(15)16)12-10(14)8-5-7(3)17-13-8/h5-6,9H,4H2,1-3H3,(H,12,14)(H,15,16). The molecule has 0 aliphatic heterocycles. The lowest BCUT2D eigenvalue weighted by Crippen LogP contribution is -2.45. The van der Waals surface area contributed by atoms with E-state index in [1.807, 2.05) is 6.92 Å². The summed E-state index contributed by atoms with van der Waals surface area (Å²) in [6.07, 6.45) is 0.662. The fraction of sp³-hybridized carbons (Fsp3) is 0.545. The topological polar surface area (TPSA) is 92.4 Å². The number of amides is 1. The number of hydrogen-bond acceptors (Lipinski definition) is 4. The maximum Gasteiger partial charge on any atom is 0.326 e. The molecule has 1 aromatic heterocycles. The minimum Gasteiger partial charge on any atom is -0.480 e. The van der Waals surface area contributed by atoms with Crippen LogP contribution in [0, 0.1) is 12.8 Å². The van der Waals surface area contributed by atoms with Gasteiger partial charge in [0.1, 0.15) is 11.8 Å². The van der Waals surface area contributed by atoms with Crippen molar-refractivity contribution in [2.75, 3.05) is 0 Å². The van der Waals surface area contributed by atoms with Crippen molar-refractivity contribution in [3.63, 3.8) is 0 Å². The second-order valence-electron chi connectivity index (χ2n) is 4.00. The molecule has 17 heavy (non-hydrogen) atoms. The first-order valence-corrected chi connectivity index (χ1v) is 5.42. The number of rotatable bonds is 5. The van der Waals surface area contributed by atoms with E-state index in [0.717, 1.165) is 0 Å². The zero-order chi connectivity index (χ0) is 13.0. The first kappa shape index (κ1) is 13.2. The predicted molar refractivity (Wildman–Crippen MR) is 59.6 cm³/mol. The van der Waals surface area contributed by atoms with Gasteiger partial charge in [0.15, 0.2) is 5.69 Å². The Hall–Kier alpha value is -1.85. The van der Waals surface area contributed by atoms with Crippen LogP contribution in [0.1, 0.15) is 36.5 Å². The number of nitrogens with one attached hydrogen (secondary N) is 1. The van der Waals surface area contributed by atoms with Gasteiger partial charge in [-0.3, -0.25) is 4.79 Å². The van der Waals surface area contributed by atoms with Gasteiger partial charge in [0, 0.05) is 6.07 Å². The minimum atomic E-state index is -1.05. The van der Waals surface area contributed by atoms with Gasteiger partial charge in [-0.1, -0.05) is 25.4 Å². The van der Waals surface area contributed by atoms with E-state index in [2.05, 4.69) is 10.5 Å². The van der Waals surface area contributed by atoms with Crippen LogP contribution in [0.25, 0.3) is 0 Å². The lowest BCUT2D eigenvalue weighted by Gasteiger charge is -2.19. The van der Waals surface area contributed by atoms with Crippen molar-refractivity contribution in [1.82, 2.24) is 10.5 Å². The summed E-state index contributed by atoms with van der Waals surface area (Å²) in [7, 11) is 0. The first-order valence-electron chi connectivity index (χ1n) is 5.42. The molecule has 2 atom stereocenters. The predicted octanol–water partition coefficient (Wildman–Crippen LogP) is 1.21. The molecule has 6 heteroatoms. The molecular weight excluding hydrogens is 224 g/mol. The van der Waals surface area contributed by atoms with Gasteiger partial charge in [0.2, 0.25) is 0 Å². The zero-order valence-corrected chi connectivity index (χ0v) is 10.1. The van der Waals surface area contributed by atoms with Crippen LogP contribution >= 0.6 is 0 Å². The summed E-state index contributed by atoms with van der Waals surface area (Å²) in [4.78, 5) is 22.7. The zero-order valence-electron chi connectivity index (χ0n) is 10.1. The molecule has 2 N–H and O–H groups in total. The van der Waals surface area contributed by atoms with Crippen LogP contribution in [0.5, 0.6) is 0 Å². The number of aryl methyl sites for hydroxylation is 1. The molecule has 0 aromatic carbocycles.